The number of amides is 3. The average Bonchev–Trinajstić information content (AvgIpc) is 2.79. The van der Waals surface area contributed by atoms with Gasteiger partial charge >= 0.3 is 0 Å². The van der Waals surface area contributed by atoms with Crippen molar-refractivity contribution in [1.29, 1.82) is 0 Å². The Balaban J connectivity index is 0.00000144. The van der Waals surface area contributed by atoms with E-state index >= 15 is 0 Å². The Bertz CT molecular complexity index is 782. The fourth-order valence-electron chi connectivity index (χ4n) is 2.84. The molecular weight excluding hydrogens is 280 g/mol. The summed E-state index contributed by atoms with van der Waals surface area (Å²) in [6, 6.07) is 4.60. The molecule has 1 saturated heterocycles. The van der Waals surface area contributed by atoms with Crippen LogP contribution >= 0.6 is 0 Å². The molecule has 3 amide bonds. The maximum atomic E-state index is 12.6. The molecular formula is C17H18N2O3. The number of carbonyl (C=O) groups excluding carboxylic acids is 3. The van der Waals surface area contributed by atoms with Crippen LogP contribution in [0.4, 0.5) is 0 Å². The Morgan fingerprint density at radius 1 is 1.32 bits per heavy atom. The zero-order valence-electron chi connectivity index (χ0n) is 11.9. The first-order valence-corrected chi connectivity index (χ1v) is 6.91. The predicted molar refractivity (Wildman–Crippen MR) is 85.6 cm³/mol. The summed E-state index contributed by atoms with van der Waals surface area (Å²) in [6.07, 6.45) is 2.18. The van der Waals surface area contributed by atoms with Crippen LogP contribution in [-0.2, 0) is 9.59 Å². The van der Waals surface area contributed by atoms with E-state index < -0.39 is 11.9 Å². The number of rotatable bonds is 2. The molecule has 0 bridgehead atoms. The van der Waals surface area contributed by atoms with E-state index in [2.05, 4.69) is 24.2 Å². The molecule has 2 aliphatic rings. The van der Waals surface area contributed by atoms with Gasteiger partial charge in [-0.25, -0.2) is 0 Å². The molecule has 5 nitrogen and oxygen atoms in total. The van der Waals surface area contributed by atoms with Crippen LogP contribution in [0.25, 0.3) is 11.8 Å². The normalized spacial score (nSPS) is 20.5. The minimum absolute atomic E-state index is 0. The summed E-state index contributed by atoms with van der Waals surface area (Å²) in [4.78, 5) is 37.4. The van der Waals surface area contributed by atoms with E-state index in [1.807, 2.05) is 6.07 Å². The smallest absolute Gasteiger partial charge is 0.260 e. The fraction of sp³-hybridized carbons (Fsp3) is 0.176. The van der Waals surface area contributed by atoms with Gasteiger partial charge < -0.3 is 0 Å². The zero-order valence-corrected chi connectivity index (χ0v) is 11.9. The lowest BCUT2D eigenvalue weighted by Gasteiger charge is -2.29. The van der Waals surface area contributed by atoms with Gasteiger partial charge in [-0.2, -0.15) is 0 Å². The first-order valence-electron chi connectivity index (χ1n) is 6.91. The second-order valence-electron chi connectivity index (χ2n) is 5.18. The third-order valence-electron chi connectivity index (χ3n) is 3.91. The lowest BCUT2D eigenvalue weighted by Crippen LogP contribution is -2.52. The summed E-state index contributed by atoms with van der Waals surface area (Å²) in [7, 11) is 0. The monoisotopic (exact) mass is 298 g/mol. The number of nitrogens with one attached hydrogen (secondary N) is 1. The number of nitrogens with zero attached hydrogens (tertiary/aromatic N) is 1. The molecule has 1 atom stereocenters. The van der Waals surface area contributed by atoms with Crippen LogP contribution < -0.4 is 5.32 Å². The Kier molecular flexibility index (Phi) is 3.28. The van der Waals surface area contributed by atoms with Crippen molar-refractivity contribution in [1.82, 2.24) is 10.2 Å². The number of hydrogen-bond acceptors (Lipinski definition) is 3. The molecule has 1 aromatic carbocycles. The van der Waals surface area contributed by atoms with Crippen molar-refractivity contribution in [2.45, 2.75) is 18.9 Å². The summed E-state index contributed by atoms with van der Waals surface area (Å²) in [5.41, 5.74) is 5.27. The van der Waals surface area contributed by atoms with Gasteiger partial charge in [0.2, 0.25) is 11.8 Å². The number of piperidine rings is 1. The molecule has 2 aliphatic heterocycles. The summed E-state index contributed by atoms with van der Waals surface area (Å²) in [6.45, 7) is 7.35. The van der Waals surface area contributed by atoms with E-state index in [0.717, 1.165) is 5.56 Å². The standard InChI is InChI=1S/C17H14N2O3.2H2/c1-3-10-5-6-11-12(9-10)13(4-2)19(17(11)22)14-7-8-15(20)18-16(14)21;;/h3,5-6,9,14H,1-2,7-8H2,(H,18,20,21);2*1H. The van der Waals surface area contributed by atoms with Crippen molar-refractivity contribution in [2.75, 3.05) is 0 Å². The van der Waals surface area contributed by atoms with Gasteiger partial charge in [0.25, 0.3) is 5.91 Å². The highest BCUT2D eigenvalue weighted by atomic mass is 16.2. The predicted octanol–water partition coefficient (Wildman–Crippen LogP) is 2.21. The molecule has 1 unspecified atom stereocenters. The van der Waals surface area contributed by atoms with E-state index in [-0.39, 0.29) is 21.1 Å². The third-order valence-corrected chi connectivity index (χ3v) is 3.91. The number of hydrogen-bond donors (Lipinski definition) is 1. The van der Waals surface area contributed by atoms with Crippen molar-refractivity contribution in [3.05, 3.63) is 53.8 Å². The van der Waals surface area contributed by atoms with E-state index in [9.17, 15) is 14.4 Å². The summed E-state index contributed by atoms with van der Waals surface area (Å²) >= 11 is 0. The highest BCUT2D eigenvalue weighted by molar-refractivity contribution is 6.12. The van der Waals surface area contributed by atoms with Crippen molar-refractivity contribution in [3.8, 4) is 0 Å². The maximum Gasteiger partial charge on any atom is 0.260 e. The van der Waals surface area contributed by atoms with Crippen LogP contribution in [0.15, 0.2) is 37.1 Å². The molecule has 1 N–H and O–H groups in total. The van der Waals surface area contributed by atoms with Crippen molar-refractivity contribution in [3.63, 3.8) is 0 Å². The van der Waals surface area contributed by atoms with Gasteiger partial charge in [0.1, 0.15) is 6.04 Å². The highest BCUT2D eigenvalue weighted by Gasteiger charge is 2.42. The van der Waals surface area contributed by atoms with Crippen molar-refractivity contribution < 1.29 is 17.2 Å². The Morgan fingerprint density at radius 2 is 2.09 bits per heavy atom. The molecule has 1 aromatic rings. The van der Waals surface area contributed by atoms with Crippen molar-refractivity contribution >= 4 is 29.5 Å². The van der Waals surface area contributed by atoms with Gasteiger partial charge in [0, 0.05) is 20.4 Å². The van der Waals surface area contributed by atoms with Gasteiger partial charge in [-0.1, -0.05) is 25.3 Å². The second kappa shape index (κ2) is 5.13. The van der Waals surface area contributed by atoms with Crippen LogP contribution in [0.1, 0.15) is 37.2 Å². The molecule has 3 rings (SSSR count). The second-order valence-corrected chi connectivity index (χ2v) is 5.18. The Labute approximate surface area is 130 Å². The largest absolute Gasteiger partial charge is 0.295 e. The van der Waals surface area contributed by atoms with E-state index in [4.69, 9.17) is 0 Å². The van der Waals surface area contributed by atoms with Gasteiger partial charge in [-0.3, -0.25) is 24.6 Å². The maximum absolute atomic E-state index is 12.6. The molecule has 0 aliphatic carbocycles. The molecule has 1 fully saturated rings. The molecule has 22 heavy (non-hydrogen) atoms. The lowest BCUT2D eigenvalue weighted by atomic mass is 10.0. The Morgan fingerprint density at radius 3 is 2.73 bits per heavy atom. The van der Waals surface area contributed by atoms with Crippen LogP contribution in [0.2, 0.25) is 0 Å². The molecule has 0 saturated carbocycles. The first kappa shape index (κ1) is 14.0. The molecule has 2 heterocycles. The summed E-state index contributed by atoms with van der Waals surface area (Å²) in [5.74, 6) is -1.05. The number of benzene rings is 1. The van der Waals surface area contributed by atoms with Gasteiger partial charge in [0.15, 0.2) is 0 Å². The zero-order chi connectivity index (χ0) is 15.9. The highest BCUT2D eigenvalue weighted by Crippen LogP contribution is 2.36. The topological polar surface area (TPSA) is 66.5 Å². The number of carbonyl (C=O) groups is 3. The van der Waals surface area contributed by atoms with Crippen LogP contribution in [0.5, 0.6) is 0 Å². The number of fused-ring (bicyclic) bond motifs is 1. The summed E-state index contributed by atoms with van der Waals surface area (Å²) in [5, 5.41) is 2.27. The van der Waals surface area contributed by atoms with E-state index in [1.54, 1.807) is 18.2 Å². The minimum Gasteiger partial charge on any atom is -0.295 e. The average molecular weight is 298 g/mol. The van der Waals surface area contributed by atoms with Crippen LogP contribution in [0.3, 0.4) is 0 Å². The lowest BCUT2D eigenvalue weighted by molar-refractivity contribution is -0.136. The molecule has 0 radical (unpaired) electrons. The third kappa shape index (κ3) is 2.00. The molecule has 0 spiro atoms. The SMILES string of the molecule is C=C=C1c2cc(C=C)ccc2C(=O)N1C1CCC(=O)NC1=O.[HH].[HH]. The Hall–Kier alpha value is -2.91. The van der Waals surface area contributed by atoms with Gasteiger partial charge in [0.05, 0.1) is 5.70 Å². The van der Waals surface area contributed by atoms with Crippen molar-refractivity contribution in [2.24, 2.45) is 0 Å². The minimum atomic E-state index is -0.714. The fourth-order valence-corrected chi connectivity index (χ4v) is 2.84. The van der Waals surface area contributed by atoms with Gasteiger partial charge in [-0.15, -0.1) is 5.73 Å². The van der Waals surface area contributed by atoms with Crippen LogP contribution in [0, 0.1) is 0 Å². The summed E-state index contributed by atoms with van der Waals surface area (Å²) < 4.78 is 0. The molecule has 5 heteroatoms. The first-order chi connectivity index (χ1) is 10.6. The van der Waals surface area contributed by atoms with Crippen LogP contribution in [-0.4, -0.2) is 28.7 Å². The quantitative estimate of drug-likeness (QED) is 0.672. The number of imide groups is 1. The molecule has 114 valence electrons. The molecule has 0 aromatic heterocycles. The van der Waals surface area contributed by atoms with E-state index in [0.29, 0.717) is 23.2 Å². The van der Waals surface area contributed by atoms with E-state index in [1.165, 1.54) is 4.90 Å². The van der Waals surface area contributed by atoms with Gasteiger partial charge in [-0.05, 0) is 24.1 Å².